The third-order valence-corrected chi connectivity index (χ3v) is 1.68. The van der Waals surface area contributed by atoms with E-state index in [1.165, 1.54) is 6.08 Å². The van der Waals surface area contributed by atoms with Crippen LogP contribution in [0.5, 0.6) is 0 Å². The molecule has 0 bridgehead atoms. The van der Waals surface area contributed by atoms with Gasteiger partial charge in [0.25, 0.3) is 0 Å². The molecule has 0 spiro atoms. The standard InChI is InChI=1S/C10H9N3O2/c11-13-12-9-6-2-1-4-8(9)5-3-7-10(14)15/h1-6H,7H2,(H,14,15). The molecule has 76 valence electrons. The summed E-state index contributed by atoms with van der Waals surface area (Å²) in [5.41, 5.74) is 9.49. The quantitative estimate of drug-likeness (QED) is 0.463. The van der Waals surface area contributed by atoms with E-state index < -0.39 is 5.97 Å². The lowest BCUT2D eigenvalue weighted by molar-refractivity contribution is -0.135. The maximum atomic E-state index is 10.3. The van der Waals surface area contributed by atoms with Gasteiger partial charge in [-0.25, -0.2) is 0 Å². The minimum Gasteiger partial charge on any atom is -0.481 e. The predicted molar refractivity (Wildman–Crippen MR) is 56.5 cm³/mol. The lowest BCUT2D eigenvalue weighted by Crippen LogP contribution is -1.89. The van der Waals surface area contributed by atoms with Crippen molar-refractivity contribution < 1.29 is 9.90 Å². The Balaban J connectivity index is 2.88. The number of carboxylic acids is 1. The zero-order valence-corrected chi connectivity index (χ0v) is 7.87. The van der Waals surface area contributed by atoms with E-state index in [-0.39, 0.29) is 6.42 Å². The second kappa shape index (κ2) is 5.47. The minimum atomic E-state index is -0.896. The van der Waals surface area contributed by atoms with Gasteiger partial charge >= 0.3 is 5.97 Å². The highest BCUT2D eigenvalue weighted by Crippen LogP contribution is 2.20. The van der Waals surface area contributed by atoms with Gasteiger partial charge < -0.3 is 5.11 Å². The number of hydrogen-bond acceptors (Lipinski definition) is 2. The first kappa shape index (κ1) is 10.8. The Morgan fingerprint density at radius 2 is 2.27 bits per heavy atom. The topological polar surface area (TPSA) is 86.1 Å². The summed E-state index contributed by atoms with van der Waals surface area (Å²) in [5, 5.41) is 11.9. The third-order valence-electron chi connectivity index (χ3n) is 1.68. The lowest BCUT2D eigenvalue weighted by Gasteiger charge is -1.97. The third kappa shape index (κ3) is 3.54. The van der Waals surface area contributed by atoms with Gasteiger partial charge in [0.05, 0.1) is 6.42 Å². The van der Waals surface area contributed by atoms with Crippen LogP contribution in [-0.4, -0.2) is 11.1 Å². The van der Waals surface area contributed by atoms with Crippen molar-refractivity contribution >= 4 is 17.7 Å². The van der Waals surface area contributed by atoms with E-state index in [9.17, 15) is 4.79 Å². The van der Waals surface area contributed by atoms with Gasteiger partial charge in [0, 0.05) is 10.6 Å². The van der Waals surface area contributed by atoms with Gasteiger partial charge in [-0.1, -0.05) is 41.5 Å². The zero-order valence-electron chi connectivity index (χ0n) is 7.87. The first-order chi connectivity index (χ1) is 7.24. The van der Waals surface area contributed by atoms with Gasteiger partial charge in [-0.2, -0.15) is 0 Å². The van der Waals surface area contributed by atoms with E-state index in [0.29, 0.717) is 11.3 Å². The van der Waals surface area contributed by atoms with Crippen molar-refractivity contribution in [1.29, 1.82) is 0 Å². The van der Waals surface area contributed by atoms with Crippen LogP contribution in [0, 0.1) is 0 Å². The highest BCUT2D eigenvalue weighted by molar-refractivity contribution is 5.72. The lowest BCUT2D eigenvalue weighted by atomic mass is 10.1. The summed E-state index contributed by atoms with van der Waals surface area (Å²) < 4.78 is 0. The van der Waals surface area contributed by atoms with Gasteiger partial charge in [0.2, 0.25) is 0 Å². The normalized spacial score (nSPS) is 9.87. The van der Waals surface area contributed by atoms with Crippen LogP contribution in [0.1, 0.15) is 12.0 Å². The van der Waals surface area contributed by atoms with Crippen molar-refractivity contribution in [2.45, 2.75) is 6.42 Å². The van der Waals surface area contributed by atoms with Crippen molar-refractivity contribution in [1.82, 2.24) is 0 Å². The largest absolute Gasteiger partial charge is 0.481 e. The molecule has 1 N–H and O–H groups in total. The molecule has 0 aromatic heterocycles. The summed E-state index contributed by atoms with van der Waals surface area (Å²) in [6.07, 6.45) is 3.08. The summed E-state index contributed by atoms with van der Waals surface area (Å²) in [7, 11) is 0. The number of hydrogen-bond donors (Lipinski definition) is 1. The second-order valence-electron chi connectivity index (χ2n) is 2.75. The number of nitrogens with zero attached hydrogens (tertiary/aromatic N) is 3. The number of carbonyl (C=O) groups is 1. The van der Waals surface area contributed by atoms with Crippen LogP contribution in [-0.2, 0) is 4.79 Å². The van der Waals surface area contributed by atoms with E-state index >= 15 is 0 Å². The molecule has 0 unspecified atom stereocenters. The average molecular weight is 203 g/mol. The smallest absolute Gasteiger partial charge is 0.307 e. The molecule has 15 heavy (non-hydrogen) atoms. The first-order valence-electron chi connectivity index (χ1n) is 4.26. The molecule has 1 aromatic rings. The monoisotopic (exact) mass is 203 g/mol. The Bertz CT molecular complexity index is 434. The first-order valence-corrected chi connectivity index (χ1v) is 4.26. The Labute approximate surface area is 86.3 Å². The molecule has 5 nitrogen and oxygen atoms in total. The summed E-state index contributed by atoms with van der Waals surface area (Å²) in [4.78, 5) is 13.0. The Hall–Kier alpha value is -2.26. The fourth-order valence-electron chi connectivity index (χ4n) is 1.05. The SMILES string of the molecule is [N-]=[N+]=Nc1ccccc1C=CCC(=O)O. The van der Waals surface area contributed by atoms with E-state index in [0.717, 1.165) is 0 Å². The van der Waals surface area contributed by atoms with Crippen molar-refractivity contribution in [3.8, 4) is 0 Å². The van der Waals surface area contributed by atoms with Crippen LogP contribution >= 0.6 is 0 Å². The zero-order chi connectivity index (χ0) is 11.1. The molecule has 0 radical (unpaired) electrons. The summed E-state index contributed by atoms with van der Waals surface area (Å²) in [6.45, 7) is 0. The maximum Gasteiger partial charge on any atom is 0.307 e. The molecule has 0 aliphatic heterocycles. The molecule has 0 saturated carbocycles. The van der Waals surface area contributed by atoms with Crippen LogP contribution in [0.3, 0.4) is 0 Å². The minimum absolute atomic E-state index is 0.0510. The van der Waals surface area contributed by atoms with Crippen LogP contribution in [0.4, 0.5) is 5.69 Å². The molecule has 0 fully saturated rings. The van der Waals surface area contributed by atoms with Gasteiger partial charge in [0.1, 0.15) is 0 Å². The Kier molecular flexibility index (Phi) is 3.94. The maximum absolute atomic E-state index is 10.3. The highest BCUT2D eigenvalue weighted by Gasteiger charge is 1.95. The molecule has 0 atom stereocenters. The van der Waals surface area contributed by atoms with Gasteiger partial charge in [0.15, 0.2) is 0 Å². The van der Waals surface area contributed by atoms with Gasteiger partial charge in [-0.05, 0) is 11.1 Å². The molecular formula is C10H9N3O2. The molecule has 0 aliphatic carbocycles. The Morgan fingerprint density at radius 1 is 1.53 bits per heavy atom. The van der Waals surface area contributed by atoms with Crippen LogP contribution in [0.25, 0.3) is 16.5 Å². The van der Waals surface area contributed by atoms with Crippen LogP contribution < -0.4 is 0 Å². The molecule has 0 heterocycles. The molecule has 0 aliphatic rings. The number of rotatable bonds is 4. The van der Waals surface area contributed by atoms with Gasteiger partial charge in [-0.15, -0.1) is 0 Å². The molecular weight excluding hydrogens is 194 g/mol. The molecule has 1 rings (SSSR count). The van der Waals surface area contributed by atoms with E-state index in [2.05, 4.69) is 10.0 Å². The number of aliphatic carboxylic acids is 1. The summed E-state index contributed by atoms with van der Waals surface area (Å²) >= 11 is 0. The molecule has 5 heteroatoms. The molecule has 0 amide bonds. The second-order valence-corrected chi connectivity index (χ2v) is 2.75. The van der Waals surface area contributed by atoms with Crippen LogP contribution in [0.15, 0.2) is 35.5 Å². The van der Waals surface area contributed by atoms with Crippen LogP contribution in [0.2, 0.25) is 0 Å². The fraction of sp³-hybridized carbons (Fsp3) is 0.100. The Morgan fingerprint density at radius 3 is 2.93 bits per heavy atom. The predicted octanol–water partition coefficient (Wildman–Crippen LogP) is 3.12. The van der Waals surface area contributed by atoms with Gasteiger partial charge in [-0.3, -0.25) is 4.79 Å². The van der Waals surface area contributed by atoms with Crippen molar-refractivity contribution in [2.75, 3.05) is 0 Å². The number of carboxylic acid groups (broad SMARTS) is 1. The molecule has 0 saturated heterocycles. The molecule has 1 aromatic carbocycles. The van der Waals surface area contributed by atoms with E-state index in [4.69, 9.17) is 10.6 Å². The summed E-state index contributed by atoms with van der Waals surface area (Å²) in [5.74, 6) is -0.896. The average Bonchev–Trinajstić information content (AvgIpc) is 2.20. The van der Waals surface area contributed by atoms with E-state index in [1.54, 1.807) is 30.3 Å². The number of azide groups is 1. The summed E-state index contributed by atoms with van der Waals surface area (Å²) in [6, 6.07) is 6.96. The van der Waals surface area contributed by atoms with E-state index in [1.807, 2.05) is 0 Å². The fourth-order valence-corrected chi connectivity index (χ4v) is 1.05. The van der Waals surface area contributed by atoms with Crippen molar-refractivity contribution in [3.05, 3.63) is 46.3 Å². The van der Waals surface area contributed by atoms with Crippen molar-refractivity contribution in [3.63, 3.8) is 0 Å². The van der Waals surface area contributed by atoms with Crippen molar-refractivity contribution in [2.24, 2.45) is 5.11 Å². The number of benzene rings is 1. The highest BCUT2D eigenvalue weighted by atomic mass is 16.4.